The van der Waals surface area contributed by atoms with Gasteiger partial charge >= 0.3 is 0 Å². The molecule has 0 amide bonds. The first-order valence-electron chi connectivity index (χ1n) is 4.57. The van der Waals surface area contributed by atoms with Crippen molar-refractivity contribution >= 4 is 0 Å². The summed E-state index contributed by atoms with van der Waals surface area (Å²) in [4.78, 5) is 0. The maximum atomic E-state index is 9.02. The van der Waals surface area contributed by atoms with E-state index in [0.717, 1.165) is 5.92 Å². The highest BCUT2D eigenvalue weighted by molar-refractivity contribution is 4.94. The predicted molar refractivity (Wildman–Crippen MR) is 42.0 cm³/mol. The molecule has 0 spiro atoms. The van der Waals surface area contributed by atoms with E-state index in [0.29, 0.717) is 31.0 Å². The number of hydrogen-bond acceptors (Lipinski definition) is 2. The fourth-order valence-electron chi connectivity index (χ4n) is 3.07. The molecule has 0 aliphatic heterocycles. The molecule has 2 atom stereocenters. The van der Waals surface area contributed by atoms with Gasteiger partial charge in [0, 0.05) is 13.2 Å². The summed E-state index contributed by atoms with van der Waals surface area (Å²) in [5.41, 5.74) is 0. The average Bonchev–Trinajstić information content (AvgIpc) is 2.60. The van der Waals surface area contributed by atoms with Crippen molar-refractivity contribution in [1.82, 2.24) is 0 Å². The van der Waals surface area contributed by atoms with Gasteiger partial charge in [0.05, 0.1) is 0 Å². The summed E-state index contributed by atoms with van der Waals surface area (Å²) in [6.07, 6.45) is 3.67. The van der Waals surface area contributed by atoms with Crippen molar-refractivity contribution in [3.63, 3.8) is 0 Å². The number of aliphatic hydroxyl groups is 2. The van der Waals surface area contributed by atoms with Crippen molar-refractivity contribution in [2.75, 3.05) is 13.2 Å². The van der Waals surface area contributed by atoms with Crippen LogP contribution in [0.1, 0.15) is 19.3 Å². The Morgan fingerprint density at radius 2 is 1.45 bits per heavy atom. The van der Waals surface area contributed by atoms with Crippen molar-refractivity contribution in [1.29, 1.82) is 0 Å². The summed E-state index contributed by atoms with van der Waals surface area (Å²) in [6.45, 7) is 0.662. The summed E-state index contributed by atoms with van der Waals surface area (Å²) >= 11 is 0. The second kappa shape index (κ2) is 2.76. The predicted octanol–water partition coefficient (Wildman–Crippen LogP) is 0.633. The minimum absolute atomic E-state index is 0.331. The molecule has 0 aromatic rings. The Kier molecular flexibility index (Phi) is 1.90. The molecule has 2 nitrogen and oxygen atoms in total. The Morgan fingerprint density at radius 1 is 0.909 bits per heavy atom. The fourth-order valence-corrected chi connectivity index (χ4v) is 3.07. The standard InChI is InChI=1S/C9H16O2/c10-4-7-1-6-2-8(5-11)9(7)3-6/h6-11H,1-5H2. The lowest BCUT2D eigenvalue weighted by Gasteiger charge is -2.26. The molecule has 0 saturated heterocycles. The highest BCUT2D eigenvalue weighted by atomic mass is 16.3. The fraction of sp³-hybridized carbons (Fsp3) is 1.00. The third kappa shape index (κ3) is 1.09. The van der Waals surface area contributed by atoms with E-state index in [1.54, 1.807) is 0 Å². The first-order valence-corrected chi connectivity index (χ1v) is 4.57. The Labute approximate surface area is 67.2 Å². The zero-order chi connectivity index (χ0) is 7.84. The highest BCUT2D eigenvalue weighted by Gasteiger charge is 2.45. The molecule has 2 unspecified atom stereocenters. The van der Waals surface area contributed by atoms with Gasteiger partial charge < -0.3 is 10.2 Å². The van der Waals surface area contributed by atoms with E-state index in [1.165, 1.54) is 19.3 Å². The van der Waals surface area contributed by atoms with E-state index in [1.807, 2.05) is 0 Å². The Morgan fingerprint density at radius 3 is 1.82 bits per heavy atom. The maximum Gasteiger partial charge on any atom is 0.0462 e. The quantitative estimate of drug-likeness (QED) is 0.615. The lowest BCUT2D eigenvalue weighted by Crippen LogP contribution is -2.24. The van der Waals surface area contributed by atoms with Crippen LogP contribution in [-0.2, 0) is 0 Å². The van der Waals surface area contributed by atoms with Crippen LogP contribution in [0.2, 0.25) is 0 Å². The Bertz CT molecular complexity index is 132. The summed E-state index contributed by atoms with van der Waals surface area (Å²) < 4.78 is 0. The normalized spacial score (nSPS) is 48.5. The van der Waals surface area contributed by atoms with E-state index < -0.39 is 0 Å². The maximum absolute atomic E-state index is 9.02. The lowest BCUT2D eigenvalue weighted by molar-refractivity contribution is 0.103. The SMILES string of the molecule is OCC1CC2CC(CO)C1C2. The Balaban J connectivity index is 2.02. The molecule has 2 fully saturated rings. The van der Waals surface area contributed by atoms with Gasteiger partial charge in [-0.2, -0.15) is 0 Å². The molecule has 2 saturated carbocycles. The van der Waals surface area contributed by atoms with E-state index in [4.69, 9.17) is 10.2 Å². The van der Waals surface area contributed by atoms with Gasteiger partial charge in [-0.05, 0) is 42.9 Å². The molecule has 2 rings (SSSR count). The Hall–Kier alpha value is -0.0800. The van der Waals surface area contributed by atoms with Gasteiger partial charge in [-0.3, -0.25) is 0 Å². The smallest absolute Gasteiger partial charge is 0.0462 e. The van der Waals surface area contributed by atoms with Crippen LogP contribution in [0.4, 0.5) is 0 Å². The van der Waals surface area contributed by atoms with Gasteiger partial charge in [-0.1, -0.05) is 0 Å². The lowest BCUT2D eigenvalue weighted by atomic mass is 9.81. The highest BCUT2D eigenvalue weighted by Crippen LogP contribution is 2.51. The van der Waals surface area contributed by atoms with Gasteiger partial charge in [-0.25, -0.2) is 0 Å². The molecule has 2 aliphatic rings. The van der Waals surface area contributed by atoms with Crippen molar-refractivity contribution in [3.8, 4) is 0 Å². The number of rotatable bonds is 2. The van der Waals surface area contributed by atoms with Crippen LogP contribution in [0.5, 0.6) is 0 Å². The molecule has 2 heteroatoms. The molecule has 11 heavy (non-hydrogen) atoms. The number of fused-ring (bicyclic) bond motifs is 2. The van der Waals surface area contributed by atoms with E-state index in [9.17, 15) is 0 Å². The van der Waals surface area contributed by atoms with Gasteiger partial charge in [0.1, 0.15) is 0 Å². The second-order valence-corrected chi connectivity index (χ2v) is 4.12. The van der Waals surface area contributed by atoms with Crippen LogP contribution >= 0.6 is 0 Å². The van der Waals surface area contributed by atoms with Crippen LogP contribution in [0.3, 0.4) is 0 Å². The largest absolute Gasteiger partial charge is 0.396 e. The van der Waals surface area contributed by atoms with Crippen molar-refractivity contribution in [2.24, 2.45) is 23.7 Å². The van der Waals surface area contributed by atoms with Crippen LogP contribution < -0.4 is 0 Å². The van der Waals surface area contributed by atoms with Crippen molar-refractivity contribution in [2.45, 2.75) is 19.3 Å². The minimum atomic E-state index is 0.331. The minimum Gasteiger partial charge on any atom is -0.396 e. The molecule has 2 bridgehead atoms. The summed E-state index contributed by atoms with van der Waals surface area (Å²) in [7, 11) is 0. The zero-order valence-electron chi connectivity index (χ0n) is 6.74. The summed E-state index contributed by atoms with van der Waals surface area (Å²) in [5.74, 6) is 2.46. The molecule has 0 aromatic heterocycles. The van der Waals surface area contributed by atoms with Crippen LogP contribution in [0, 0.1) is 23.7 Å². The molecule has 2 N–H and O–H groups in total. The van der Waals surface area contributed by atoms with Crippen molar-refractivity contribution in [3.05, 3.63) is 0 Å². The topological polar surface area (TPSA) is 40.5 Å². The molecule has 0 radical (unpaired) electrons. The monoisotopic (exact) mass is 156 g/mol. The van der Waals surface area contributed by atoms with E-state index in [2.05, 4.69) is 0 Å². The van der Waals surface area contributed by atoms with Crippen LogP contribution in [0.25, 0.3) is 0 Å². The molecule has 0 heterocycles. The molecule has 0 aromatic carbocycles. The first-order chi connectivity index (χ1) is 5.35. The zero-order valence-corrected chi connectivity index (χ0v) is 6.74. The molecule has 64 valence electrons. The molecule has 2 aliphatic carbocycles. The van der Waals surface area contributed by atoms with Crippen molar-refractivity contribution < 1.29 is 10.2 Å². The first kappa shape index (κ1) is 7.56. The second-order valence-electron chi connectivity index (χ2n) is 4.12. The van der Waals surface area contributed by atoms with Crippen LogP contribution in [-0.4, -0.2) is 23.4 Å². The molecular formula is C9H16O2. The number of hydrogen-bond donors (Lipinski definition) is 2. The van der Waals surface area contributed by atoms with Gasteiger partial charge in [0.25, 0.3) is 0 Å². The van der Waals surface area contributed by atoms with E-state index in [-0.39, 0.29) is 0 Å². The third-order valence-corrected chi connectivity index (χ3v) is 3.56. The summed E-state index contributed by atoms with van der Waals surface area (Å²) in [5, 5.41) is 18.0. The average molecular weight is 156 g/mol. The molecular weight excluding hydrogens is 140 g/mol. The van der Waals surface area contributed by atoms with Crippen LogP contribution in [0.15, 0.2) is 0 Å². The van der Waals surface area contributed by atoms with E-state index >= 15 is 0 Å². The van der Waals surface area contributed by atoms with Gasteiger partial charge in [-0.15, -0.1) is 0 Å². The third-order valence-electron chi connectivity index (χ3n) is 3.56. The number of aliphatic hydroxyl groups excluding tert-OH is 2. The van der Waals surface area contributed by atoms with Gasteiger partial charge in [0.15, 0.2) is 0 Å². The van der Waals surface area contributed by atoms with Gasteiger partial charge in [0.2, 0.25) is 0 Å². The summed E-state index contributed by atoms with van der Waals surface area (Å²) in [6, 6.07) is 0.